The Hall–Kier alpha value is -2.48. The van der Waals surface area contributed by atoms with E-state index < -0.39 is 0 Å². The molecule has 116 valence electrons. The number of hydrazine groups is 1. The quantitative estimate of drug-likeness (QED) is 0.673. The molecule has 0 aliphatic heterocycles. The Morgan fingerprint density at radius 3 is 2.59 bits per heavy atom. The number of amides is 2. The van der Waals surface area contributed by atoms with Gasteiger partial charge in [0.25, 0.3) is 0 Å². The molecule has 1 heterocycles. The van der Waals surface area contributed by atoms with Crippen LogP contribution in [-0.2, 0) is 9.59 Å². The zero-order chi connectivity index (χ0) is 15.8. The van der Waals surface area contributed by atoms with Crippen molar-refractivity contribution in [3.05, 3.63) is 42.2 Å². The Morgan fingerprint density at radius 2 is 1.91 bits per heavy atom. The molecule has 8 heteroatoms. The summed E-state index contributed by atoms with van der Waals surface area (Å²) in [5, 5.41) is 6.24. The number of para-hydroxylation sites is 1. The molecule has 3 N–H and O–H groups in total. The van der Waals surface area contributed by atoms with Gasteiger partial charge in [0.1, 0.15) is 5.76 Å². The zero-order valence-corrected chi connectivity index (χ0v) is 12.8. The van der Waals surface area contributed by atoms with E-state index in [9.17, 15) is 9.59 Å². The van der Waals surface area contributed by atoms with Crippen LogP contribution in [-0.4, -0.2) is 28.5 Å². The number of hydrogen-bond acceptors (Lipinski definition) is 6. The fourth-order valence-corrected chi connectivity index (χ4v) is 2.16. The molecule has 0 aliphatic rings. The standard InChI is InChI=1S/C14H16N4O3S/c1-10-7-12(18-21-10)15-13(19)8-22-9-14(20)17-16-11-5-3-2-4-6-11/h2-7,16H,8-9H2,1H3,(H,17,20)(H,15,18,19). The van der Waals surface area contributed by atoms with Crippen LogP contribution in [0, 0.1) is 6.92 Å². The van der Waals surface area contributed by atoms with Crippen LogP contribution < -0.4 is 16.2 Å². The Balaban J connectivity index is 1.61. The second-order valence-corrected chi connectivity index (χ2v) is 5.39. The predicted molar refractivity (Wildman–Crippen MR) is 85.4 cm³/mol. The van der Waals surface area contributed by atoms with Crippen LogP contribution in [0.1, 0.15) is 5.76 Å². The molecular formula is C14H16N4O3S. The lowest BCUT2D eigenvalue weighted by atomic mass is 10.3. The molecule has 0 bridgehead atoms. The van der Waals surface area contributed by atoms with Crippen LogP contribution in [0.15, 0.2) is 40.9 Å². The summed E-state index contributed by atoms with van der Waals surface area (Å²) in [5.74, 6) is 0.879. The SMILES string of the molecule is Cc1cc(NC(=O)CSCC(=O)NNc2ccccc2)no1. The average Bonchev–Trinajstić information content (AvgIpc) is 2.91. The maximum absolute atomic E-state index is 11.6. The van der Waals surface area contributed by atoms with E-state index in [1.807, 2.05) is 30.3 Å². The number of carbonyl (C=O) groups excluding carboxylic acids is 2. The predicted octanol–water partition coefficient (Wildman–Crippen LogP) is 1.80. The van der Waals surface area contributed by atoms with E-state index in [0.717, 1.165) is 5.69 Å². The summed E-state index contributed by atoms with van der Waals surface area (Å²) in [7, 11) is 0. The largest absolute Gasteiger partial charge is 0.360 e. The van der Waals surface area contributed by atoms with Crippen LogP contribution in [0.4, 0.5) is 11.5 Å². The maximum atomic E-state index is 11.6. The first kappa shape index (κ1) is 15.9. The first-order valence-electron chi connectivity index (χ1n) is 6.54. The number of thioether (sulfide) groups is 1. The normalized spacial score (nSPS) is 10.0. The summed E-state index contributed by atoms with van der Waals surface area (Å²) in [6, 6.07) is 10.9. The monoisotopic (exact) mass is 320 g/mol. The molecule has 0 spiro atoms. The third kappa shape index (κ3) is 5.49. The van der Waals surface area contributed by atoms with Crippen molar-refractivity contribution in [2.24, 2.45) is 0 Å². The second kappa shape index (κ2) is 8.08. The van der Waals surface area contributed by atoms with E-state index in [-0.39, 0.29) is 23.3 Å². The molecule has 2 rings (SSSR count). The van der Waals surface area contributed by atoms with E-state index in [0.29, 0.717) is 11.6 Å². The summed E-state index contributed by atoms with van der Waals surface area (Å²) in [6.45, 7) is 1.74. The fourth-order valence-electron chi connectivity index (χ4n) is 1.54. The fraction of sp³-hybridized carbons (Fsp3) is 0.214. The number of anilines is 2. The molecule has 0 aliphatic carbocycles. The molecule has 7 nitrogen and oxygen atoms in total. The number of nitrogens with zero attached hydrogens (tertiary/aromatic N) is 1. The molecule has 0 saturated carbocycles. The summed E-state index contributed by atoms with van der Waals surface area (Å²) >= 11 is 1.21. The van der Waals surface area contributed by atoms with E-state index in [1.54, 1.807) is 13.0 Å². The molecule has 22 heavy (non-hydrogen) atoms. The van der Waals surface area contributed by atoms with E-state index in [1.165, 1.54) is 11.8 Å². The van der Waals surface area contributed by atoms with Crippen molar-refractivity contribution in [1.29, 1.82) is 0 Å². The van der Waals surface area contributed by atoms with Crippen molar-refractivity contribution in [2.45, 2.75) is 6.92 Å². The van der Waals surface area contributed by atoms with Crippen molar-refractivity contribution in [3.8, 4) is 0 Å². The van der Waals surface area contributed by atoms with Crippen molar-refractivity contribution in [3.63, 3.8) is 0 Å². The van der Waals surface area contributed by atoms with Gasteiger partial charge in [-0.1, -0.05) is 23.4 Å². The first-order chi connectivity index (χ1) is 10.6. The molecule has 0 unspecified atom stereocenters. The highest BCUT2D eigenvalue weighted by Gasteiger charge is 2.08. The highest BCUT2D eigenvalue weighted by Crippen LogP contribution is 2.08. The minimum atomic E-state index is -0.234. The Labute approximate surface area is 131 Å². The van der Waals surface area contributed by atoms with Gasteiger partial charge in [-0.2, -0.15) is 0 Å². The van der Waals surface area contributed by atoms with Crippen molar-refractivity contribution < 1.29 is 14.1 Å². The lowest BCUT2D eigenvalue weighted by Crippen LogP contribution is -2.31. The molecule has 2 amide bonds. The molecular weight excluding hydrogens is 304 g/mol. The van der Waals surface area contributed by atoms with Crippen LogP contribution in [0.5, 0.6) is 0 Å². The second-order valence-electron chi connectivity index (χ2n) is 4.40. The van der Waals surface area contributed by atoms with Crippen molar-refractivity contribution in [1.82, 2.24) is 10.6 Å². The van der Waals surface area contributed by atoms with Gasteiger partial charge in [-0.15, -0.1) is 11.8 Å². The number of aryl methyl sites for hydroxylation is 1. The summed E-state index contributed by atoms with van der Waals surface area (Å²) in [4.78, 5) is 23.2. The highest BCUT2D eigenvalue weighted by atomic mass is 32.2. The Kier molecular flexibility index (Phi) is 5.84. The Bertz CT molecular complexity index is 630. The van der Waals surface area contributed by atoms with E-state index in [2.05, 4.69) is 21.3 Å². The Morgan fingerprint density at radius 1 is 1.18 bits per heavy atom. The number of nitrogens with one attached hydrogen (secondary N) is 3. The van der Waals surface area contributed by atoms with Crippen LogP contribution >= 0.6 is 11.8 Å². The van der Waals surface area contributed by atoms with Crippen molar-refractivity contribution >= 4 is 35.1 Å². The number of hydrogen-bond donors (Lipinski definition) is 3. The lowest BCUT2D eigenvalue weighted by Gasteiger charge is -2.07. The van der Waals surface area contributed by atoms with Crippen LogP contribution in [0.3, 0.4) is 0 Å². The molecule has 1 aromatic carbocycles. The van der Waals surface area contributed by atoms with Gasteiger partial charge in [-0.05, 0) is 19.1 Å². The third-order valence-electron chi connectivity index (χ3n) is 2.48. The van der Waals surface area contributed by atoms with Crippen LogP contribution in [0.2, 0.25) is 0 Å². The van der Waals surface area contributed by atoms with Gasteiger partial charge in [-0.3, -0.25) is 20.4 Å². The minimum absolute atomic E-state index is 0.157. The highest BCUT2D eigenvalue weighted by molar-refractivity contribution is 8.00. The van der Waals surface area contributed by atoms with Crippen molar-refractivity contribution in [2.75, 3.05) is 22.2 Å². The summed E-state index contributed by atoms with van der Waals surface area (Å²) < 4.78 is 4.84. The molecule has 2 aromatic rings. The molecule has 0 atom stereocenters. The average molecular weight is 320 g/mol. The number of rotatable bonds is 7. The maximum Gasteiger partial charge on any atom is 0.248 e. The number of carbonyl (C=O) groups is 2. The minimum Gasteiger partial charge on any atom is -0.360 e. The molecule has 1 aromatic heterocycles. The zero-order valence-electron chi connectivity index (χ0n) is 12.0. The van der Waals surface area contributed by atoms with Gasteiger partial charge < -0.3 is 9.84 Å². The molecule has 0 saturated heterocycles. The van der Waals surface area contributed by atoms with Gasteiger partial charge in [0.15, 0.2) is 5.82 Å². The molecule has 0 fully saturated rings. The first-order valence-corrected chi connectivity index (χ1v) is 7.70. The number of aromatic nitrogens is 1. The van der Waals surface area contributed by atoms with Crippen LogP contribution in [0.25, 0.3) is 0 Å². The lowest BCUT2D eigenvalue weighted by molar-refractivity contribution is -0.118. The van der Waals surface area contributed by atoms with Gasteiger partial charge in [0.2, 0.25) is 11.8 Å². The van der Waals surface area contributed by atoms with Gasteiger partial charge >= 0.3 is 0 Å². The topological polar surface area (TPSA) is 96.3 Å². The summed E-state index contributed by atoms with van der Waals surface area (Å²) in [5.41, 5.74) is 6.14. The van der Waals surface area contributed by atoms with Gasteiger partial charge in [0.05, 0.1) is 17.2 Å². The van der Waals surface area contributed by atoms with E-state index >= 15 is 0 Å². The molecule has 0 radical (unpaired) electrons. The third-order valence-corrected chi connectivity index (χ3v) is 3.41. The summed E-state index contributed by atoms with van der Waals surface area (Å²) in [6.07, 6.45) is 0. The number of benzene rings is 1. The van der Waals surface area contributed by atoms with E-state index in [4.69, 9.17) is 4.52 Å². The van der Waals surface area contributed by atoms with Gasteiger partial charge in [-0.25, -0.2) is 0 Å². The smallest absolute Gasteiger partial charge is 0.248 e. The van der Waals surface area contributed by atoms with Gasteiger partial charge in [0, 0.05) is 6.07 Å².